The van der Waals surface area contributed by atoms with Crippen molar-refractivity contribution < 1.29 is 9.53 Å². The zero-order valence-electron chi connectivity index (χ0n) is 11.8. The molecule has 3 rings (SSSR count). The summed E-state index contributed by atoms with van der Waals surface area (Å²) in [6.45, 7) is 0. The van der Waals surface area contributed by atoms with Gasteiger partial charge in [0.1, 0.15) is 5.69 Å². The van der Waals surface area contributed by atoms with E-state index in [1.54, 1.807) is 0 Å². The fraction of sp³-hybridized carbons (Fsp3) is 0.412. The number of carbonyl (C=O) groups excluding carboxylic acids is 1. The molecule has 104 valence electrons. The van der Waals surface area contributed by atoms with E-state index in [0.717, 1.165) is 5.52 Å². The van der Waals surface area contributed by atoms with Gasteiger partial charge in [-0.15, -0.1) is 0 Å². The van der Waals surface area contributed by atoms with Crippen LogP contribution < -0.4 is 0 Å². The van der Waals surface area contributed by atoms with E-state index in [9.17, 15) is 4.79 Å². The van der Waals surface area contributed by atoms with Gasteiger partial charge in [0.25, 0.3) is 0 Å². The highest BCUT2D eigenvalue weighted by atomic mass is 16.5. The van der Waals surface area contributed by atoms with Gasteiger partial charge in [-0.25, -0.2) is 9.78 Å². The highest BCUT2D eigenvalue weighted by molar-refractivity contribution is 5.92. The van der Waals surface area contributed by atoms with E-state index in [0.29, 0.717) is 11.6 Å². The molecule has 0 bridgehead atoms. The highest BCUT2D eigenvalue weighted by Crippen LogP contribution is 2.36. The van der Waals surface area contributed by atoms with Crippen molar-refractivity contribution in [1.82, 2.24) is 4.98 Å². The van der Waals surface area contributed by atoms with E-state index < -0.39 is 0 Å². The maximum absolute atomic E-state index is 11.8. The third-order valence-electron chi connectivity index (χ3n) is 4.19. The van der Waals surface area contributed by atoms with Crippen LogP contribution in [-0.4, -0.2) is 18.1 Å². The first-order valence-electron chi connectivity index (χ1n) is 7.27. The molecule has 0 saturated heterocycles. The third-order valence-corrected chi connectivity index (χ3v) is 4.19. The quantitative estimate of drug-likeness (QED) is 0.771. The normalized spacial score (nSPS) is 16.2. The molecule has 1 aliphatic rings. The Balaban J connectivity index is 2.13. The first kappa shape index (κ1) is 13.1. The van der Waals surface area contributed by atoms with Crippen LogP contribution in [0.25, 0.3) is 10.9 Å². The molecule has 1 heterocycles. The number of rotatable bonds is 2. The topological polar surface area (TPSA) is 39.2 Å². The van der Waals surface area contributed by atoms with Crippen LogP contribution in [0.2, 0.25) is 0 Å². The number of ether oxygens (including phenoxy) is 1. The summed E-state index contributed by atoms with van der Waals surface area (Å²) in [5, 5.41) is 1.17. The van der Waals surface area contributed by atoms with Gasteiger partial charge in [0.15, 0.2) is 0 Å². The van der Waals surface area contributed by atoms with E-state index >= 15 is 0 Å². The number of nitrogens with zero attached hydrogens (tertiary/aromatic N) is 1. The molecule has 20 heavy (non-hydrogen) atoms. The van der Waals surface area contributed by atoms with Gasteiger partial charge in [-0.2, -0.15) is 0 Å². The molecule has 1 aliphatic carbocycles. The van der Waals surface area contributed by atoms with Gasteiger partial charge in [-0.3, -0.25) is 0 Å². The number of hydrogen-bond acceptors (Lipinski definition) is 3. The Morgan fingerprint density at radius 2 is 1.95 bits per heavy atom. The number of hydrogen-bond donors (Lipinski definition) is 0. The van der Waals surface area contributed by atoms with E-state index in [1.807, 2.05) is 24.3 Å². The Bertz CT molecular complexity index is 630. The molecule has 3 heteroatoms. The minimum absolute atomic E-state index is 0.354. The molecule has 1 aromatic carbocycles. The Morgan fingerprint density at radius 1 is 1.20 bits per heavy atom. The maximum Gasteiger partial charge on any atom is 0.356 e. The van der Waals surface area contributed by atoms with E-state index in [1.165, 1.54) is 50.2 Å². The van der Waals surface area contributed by atoms with Crippen molar-refractivity contribution in [2.75, 3.05) is 7.11 Å². The molecule has 1 saturated carbocycles. The second-order valence-electron chi connectivity index (χ2n) is 5.44. The summed E-state index contributed by atoms with van der Waals surface area (Å²) in [6, 6.07) is 10.0. The van der Waals surface area contributed by atoms with Crippen LogP contribution in [0.5, 0.6) is 0 Å². The van der Waals surface area contributed by atoms with Crippen molar-refractivity contribution >= 4 is 16.9 Å². The van der Waals surface area contributed by atoms with Gasteiger partial charge >= 0.3 is 5.97 Å². The van der Waals surface area contributed by atoms with Crippen LogP contribution in [0.1, 0.15) is 54.1 Å². The van der Waals surface area contributed by atoms with E-state index in [2.05, 4.69) is 11.1 Å². The van der Waals surface area contributed by atoms with Crippen molar-refractivity contribution in [2.45, 2.75) is 38.0 Å². The molecule has 3 nitrogen and oxygen atoms in total. The van der Waals surface area contributed by atoms with Gasteiger partial charge in [0.2, 0.25) is 0 Å². The van der Waals surface area contributed by atoms with Crippen molar-refractivity contribution in [2.24, 2.45) is 0 Å². The van der Waals surface area contributed by atoms with Gasteiger partial charge in [0.05, 0.1) is 12.6 Å². The molecular weight excluding hydrogens is 250 g/mol. The summed E-state index contributed by atoms with van der Waals surface area (Å²) in [5.41, 5.74) is 2.57. The third kappa shape index (κ3) is 2.40. The van der Waals surface area contributed by atoms with E-state index in [4.69, 9.17) is 4.74 Å². The molecule has 1 fully saturated rings. The summed E-state index contributed by atoms with van der Waals surface area (Å²) in [7, 11) is 1.40. The van der Waals surface area contributed by atoms with E-state index in [-0.39, 0.29) is 5.97 Å². The fourth-order valence-electron chi connectivity index (χ4n) is 3.16. The molecule has 0 unspecified atom stereocenters. The van der Waals surface area contributed by atoms with Crippen molar-refractivity contribution in [3.05, 3.63) is 41.6 Å². The Kier molecular flexibility index (Phi) is 3.68. The molecule has 0 radical (unpaired) electrons. The Labute approximate surface area is 119 Å². The lowest BCUT2D eigenvalue weighted by Gasteiger charge is -2.23. The van der Waals surface area contributed by atoms with Crippen LogP contribution in [0, 0.1) is 0 Å². The number of fused-ring (bicyclic) bond motifs is 1. The van der Waals surface area contributed by atoms with Crippen LogP contribution in [0.4, 0.5) is 0 Å². The first-order valence-corrected chi connectivity index (χ1v) is 7.27. The molecule has 0 atom stereocenters. The van der Waals surface area contributed by atoms with Crippen LogP contribution in [-0.2, 0) is 4.74 Å². The monoisotopic (exact) mass is 269 g/mol. The molecule has 0 aliphatic heterocycles. The number of aromatic nitrogens is 1. The van der Waals surface area contributed by atoms with Gasteiger partial charge in [0, 0.05) is 5.39 Å². The first-order chi connectivity index (χ1) is 9.79. The Hall–Kier alpha value is -1.90. The summed E-state index contributed by atoms with van der Waals surface area (Å²) in [4.78, 5) is 16.2. The minimum atomic E-state index is -0.354. The fourth-order valence-corrected chi connectivity index (χ4v) is 3.16. The summed E-state index contributed by atoms with van der Waals surface area (Å²) in [5.74, 6) is 0.188. The molecule has 1 aromatic heterocycles. The number of esters is 1. The minimum Gasteiger partial charge on any atom is -0.464 e. The van der Waals surface area contributed by atoms with Crippen LogP contribution >= 0.6 is 0 Å². The zero-order chi connectivity index (χ0) is 13.9. The average molecular weight is 269 g/mol. The SMILES string of the molecule is COC(=O)c1cc(C2CCCCC2)c2ccccc2n1. The zero-order valence-corrected chi connectivity index (χ0v) is 11.8. The maximum atomic E-state index is 11.8. The molecule has 0 spiro atoms. The van der Waals surface area contributed by atoms with Gasteiger partial charge in [-0.1, -0.05) is 37.5 Å². The van der Waals surface area contributed by atoms with Crippen molar-refractivity contribution in [3.8, 4) is 0 Å². The van der Waals surface area contributed by atoms with Crippen molar-refractivity contribution in [1.29, 1.82) is 0 Å². The lowest BCUT2D eigenvalue weighted by Crippen LogP contribution is -2.10. The standard InChI is InChI=1S/C17H19NO2/c1-20-17(19)16-11-14(12-7-3-2-4-8-12)13-9-5-6-10-15(13)18-16/h5-6,9-12H,2-4,7-8H2,1H3. The predicted molar refractivity (Wildman–Crippen MR) is 78.9 cm³/mol. The Morgan fingerprint density at radius 3 is 2.70 bits per heavy atom. The van der Waals surface area contributed by atoms with Crippen LogP contribution in [0.3, 0.4) is 0 Å². The summed E-state index contributed by atoms with van der Waals surface area (Å²) in [6.07, 6.45) is 6.27. The second-order valence-corrected chi connectivity index (χ2v) is 5.44. The largest absolute Gasteiger partial charge is 0.464 e. The van der Waals surface area contributed by atoms with Crippen molar-refractivity contribution in [3.63, 3.8) is 0 Å². The number of pyridine rings is 1. The number of para-hydroxylation sites is 1. The number of methoxy groups -OCH3 is 1. The number of benzene rings is 1. The lowest BCUT2D eigenvalue weighted by atomic mass is 9.82. The molecular formula is C17H19NO2. The lowest BCUT2D eigenvalue weighted by molar-refractivity contribution is 0.0594. The molecule has 2 aromatic rings. The number of carbonyl (C=O) groups is 1. The van der Waals surface area contributed by atoms with Gasteiger partial charge < -0.3 is 4.74 Å². The predicted octanol–water partition coefficient (Wildman–Crippen LogP) is 4.07. The summed E-state index contributed by atoms with van der Waals surface area (Å²) < 4.78 is 4.83. The summed E-state index contributed by atoms with van der Waals surface area (Å²) >= 11 is 0. The average Bonchev–Trinajstić information content (AvgIpc) is 2.54. The highest BCUT2D eigenvalue weighted by Gasteiger charge is 2.20. The second kappa shape index (κ2) is 5.61. The molecule has 0 N–H and O–H groups in total. The van der Waals surface area contributed by atoms with Gasteiger partial charge in [-0.05, 0) is 36.5 Å². The molecule has 0 amide bonds. The van der Waals surface area contributed by atoms with Crippen LogP contribution in [0.15, 0.2) is 30.3 Å². The smallest absolute Gasteiger partial charge is 0.356 e.